The minimum Gasteiger partial charge on any atom is -0.394 e. The Labute approximate surface area is 298 Å². The van der Waals surface area contributed by atoms with Crippen LogP contribution < -0.4 is 5.32 Å². The van der Waals surface area contributed by atoms with Crippen molar-refractivity contribution in [3.63, 3.8) is 0 Å². The Morgan fingerprint density at radius 2 is 1.20 bits per heavy atom. The highest BCUT2D eigenvalue weighted by molar-refractivity contribution is 5.76. The Balaban J connectivity index is 2.37. The van der Waals surface area contributed by atoms with Crippen molar-refractivity contribution in [3.8, 4) is 0 Å². The van der Waals surface area contributed by atoms with Crippen LogP contribution >= 0.6 is 0 Å². The minimum absolute atomic E-state index is 0.141. The van der Waals surface area contributed by atoms with Gasteiger partial charge in [0.25, 0.3) is 0 Å². The normalized spacial score (nSPS) is 22.6. The predicted octanol–water partition coefficient (Wildman–Crippen LogP) is 7.16. The SMILES string of the molecule is CCCCC/C=C\C/C=C\CCCCCCCCCC(=O)NC(COC1OC(CO)C(O)C(O)C1O)C(O)CCCCCCCCCCC. The van der Waals surface area contributed by atoms with Crippen molar-refractivity contribution in [2.24, 2.45) is 0 Å². The molecule has 0 spiro atoms. The van der Waals surface area contributed by atoms with E-state index in [1.165, 1.54) is 89.9 Å². The molecule has 7 atom stereocenters. The van der Waals surface area contributed by atoms with Gasteiger partial charge in [-0.05, 0) is 44.9 Å². The Morgan fingerprint density at radius 1 is 0.694 bits per heavy atom. The van der Waals surface area contributed by atoms with E-state index in [1.807, 2.05) is 0 Å². The molecule has 9 heteroatoms. The highest BCUT2D eigenvalue weighted by atomic mass is 16.7. The molecule has 1 aliphatic heterocycles. The molecule has 0 aromatic carbocycles. The number of amides is 1. The van der Waals surface area contributed by atoms with Crippen LogP contribution in [0.3, 0.4) is 0 Å². The van der Waals surface area contributed by atoms with Gasteiger partial charge in [0.05, 0.1) is 25.4 Å². The lowest BCUT2D eigenvalue weighted by molar-refractivity contribution is -0.302. The molecule has 1 fully saturated rings. The number of carbonyl (C=O) groups excluding carboxylic acids is 1. The smallest absolute Gasteiger partial charge is 0.220 e. The molecule has 0 aromatic rings. The van der Waals surface area contributed by atoms with Crippen molar-refractivity contribution in [3.05, 3.63) is 24.3 Å². The van der Waals surface area contributed by atoms with Gasteiger partial charge in [0.1, 0.15) is 24.4 Å². The van der Waals surface area contributed by atoms with Gasteiger partial charge in [0, 0.05) is 6.42 Å². The number of ether oxygens (including phenoxy) is 2. The highest BCUT2D eigenvalue weighted by Gasteiger charge is 2.44. The number of rotatable bonds is 32. The summed E-state index contributed by atoms with van der Waals surface area (Å²) in [5, 5.41) is 54.0. The monoisotopic (exact) mass is 698 g/mol. The summed E-state index contributed by atoms with van der Waals surface area (Å²) in [6, 6.07) is -0.718. The Bertz CT molecular complexity index is 822. The standard InChI is InChI=1S/C40H75NO8/c1-3-5-7-9-11-13-14-15-16-17-18-19-20-22-24-26-28-30-36(44)41-33(34(43)29-27-25-23-21-12-10-8-6-4-2)32-48-40-39(47)38(46)37(45)35(31-42)49-40/h11,13,15-16,33-35,37-40,42-43,45-47H,3-10,12,14,17-32H2,1-2H3,(H,41,44)/b13-11-,16-15-. The van der Waals surface area contributed by atoms with Crippen molar-refractivity contribution < 1.29 is 39.8 Å². The molecule has 6 N–H and O–H groups in total. The summed E-state index contributed by atoms with van der Waals surface area (Å²) in [5.74, 6) is -0.156. The zero-order valence-corrected chi connectivity index (χ0v) is 31.2. The lowest BCUT2D eigenvalue weighted by atomic mass is 9.99. The zero-order valence-electron chi connectivity index (χ0n) is 31.2. The number of nitrogens with one attached hydrogen (secondary N) is 1. The lowest BCUT2D eigenvalue weighted by Gasteiger charge is -2.40. The predicted molar refractivity (Wildman–Crippen MR) is 198 cm³/mol. The molecule has 7 unspecified atom stereocenters. The Hall–Kier alpha value is -1.33. The molecule has 1 aliphatic rings. The van der Waals surface area contributed by atoms with Crippen molar-refractivity contribution in [2.45, 2.75) is 211 Å². The van der Waals surface area contributed by atoms with E-state index in [4.69, 9.17) is 9.47 Å². The molecular formula is C40H75NO8. The third kappa shape index (κ3) is 23.0. The van der Waals surface area contributed by atoms with Crippen molar-refractivity contribution in [1.82, 2.24) is 5.32 Å². The second-order valence-corrected chi connectivity index (χ2v) is 14.1. The lowest BCUT2D eigenvalue weighted by Crippen LogP contribution is -2.60. The number of allylic oxidation sites excluding steroid dienone is 4. The summed E-state index contributed by atoms with van der Waals surface area (Å²) in [5.41, 5.74) is 0. The molecular weight excluding hydrogens is 622 g/mol. The molecule has 9 nitrogen and oxygen atoms in total. The van der Waals surface area contributed by atoms with Crippen molar-refractivity contribution in [2.75, 3.05) is 13.2 Å². The van der Waals surface area contributed by atoms with Crippen LogP contribution in [0.1, 0.15) is 168 Å². The van der Waals surface area contributed by atoms with Crippen LogP contribution in [0.4, 0.5) is 0 Å². The number of hydrogen-bond donors (Lipinski definition) is 6. The molecule has 49 heavy (non-hydrogen) atoms. The molecule has 0 bridgehead atoms. The third-order valence-corrected chi connectivity index (χ3v) is 9.56. The van der Waals surface area contributed by atoms with E-state index in [9.17, 15) is 30.3 Å². The van der Waals surface area contributed by atoms with Gasteiger partial charge in [-0.2, -0.15) is 0 Å². The quantitative estimate of drug-likeness (QED) is 0.0320. The molecule has 0 aliphatic carbocycles. The van der Waals surface area contributed by atoms with Gasteiger partial charge in [-0.25, -0.2) is 0 Å². The van der Waals surface area contributed by atoms with Crippen molar-refractivity contribution in [1.29, 1.82) is 0 Å². The van der Waals surface area contributed by atoms with E-state index in [0.29, 0.717) is 12.8 Å². The largest absolute Gasteiger partial charge is 0.394 e. The maximum Gasteiger partial charge on any atom is 0.220 e. The minimum atomic E-state index is -1.55. The first-order valence-corrected chi connectivity index (χ1v) is 20.0. The van der Waals surface area contributed by atoms with Crippen LogP contribution in [-0.4, -0.2) is 87.5 Å². The summed E-state index contributed by atoms with van der Waals surface area (Å²) < 4.78 is 11.2. The first-order valence-electron chi connectivity index (χ1n) is 20.0. The Kier molecular flexibility index (Phi) is 29.3. The van der Waals surface area contributed by atoms with Crippen LogP contribution in [0.2, 0.25) is 0 Å². The van der Waals surface area contributed by atoms with Gasteiger partial charge in [-0.15, -0.1) is 0 Å². The summed E-state index contributed by atoms with van der Waals surface area (Å²) in [4.78, 5) is 12.9. The van der Waals surface area contributed by atoms with E-state index in [2.05, 4.69) is 43.5 Å². The first-order chi connectivity index (χ1) is 23.8. The fraction of sp³-hybridized carbons (Fsp3) is 0.875. The number of carbonyl (C=O) groups is 1. The maximum atomic E-state index is 12.9. The van der Waals surface area contributed by atoms with E-state index >= 15 is 0 Å². The average Bonchev–Trinajstić information content (AvgIpc) is 3.10. The molecule has 0 radical (unpaired) electrons. The number of hydrogen-bond acceptors (Lipinski definition) is 8. The second-order valence-electron chi connectivity index (χ2n) is 14.1. The van der Waals surface area contributed by atoms with Crippen LogP contribution in [-0.2, 0) is 14.3 Å². The topological polar surface area (TPSA) is 149 Å². The van der Waals surface area contributed by atoms with E-state index in [0.717, 1.165) is 51.4 Å². The van der Waals surface area contributed by atoms with Gasteiger partial charge >= 0.3 is 0 Å². The van der Waals surface area contributed by atoms with E-state index in [-0.39, 0.29) is 12.5 Å². The van der Waals surface area contributed by atoms with Gasteiger partial charge in [0.15, 0.2) is 6.29 Å². The summed E-state index contributed by atoms with van der Waals surface area (Å²) in [6.45, 7) is 3.76. The van der Waals surface area contributed by atoms with Crippen LogP contribution in [0.5, 0.6) is 0 Å². The zero-order chi connectivity index (χ0) is 36.0. The average molecular weight is 698 g/mol. The van der Waals surface area contributed by atoms with Gasteiger partial charge in [-0.1, -0.05) is 141 Å². The summed E-state index contributed by atoms with van der Waals surface area (Å²) >= 11 is 0. The van der Waals surface area contributed by atoms with Crippen molar-refractivity contribution >= 4 is 5.91 Å². The molecule has 0 aromatic heterocycles. The third-order valence-electron chi connectivity index (χ3n) is 9.56. The molecule has 0 saturated carbocycles. The highest BCUT2D eigenvalue weighted by Crippen LogP contribution is 2.23. The van der Waals surface area contributed by atoms with Gasteiger partial charge < -0.3 is 40.3 Å². The number of aliphatic hydroxyl groups excluding tert-OH is 5. The first kappa shape index (κ1) is 45.7. The molecule has 1 rings (SSSR count). The van der Waals surface area contributed by atoms with Gasteiger partial charge in [0.2, 0.25) is 5.91 Å². The fourth-order valence-corrected chi connectivity index (χ4v) is 6.25. The Morgan fingerprint density at radius 3 is 1.80 bits per heavy atom. The fourth-order valence-electron chi connectivity index (χ4n) is 6.25. The summed E-state index contributed by atoms with van der Waals surface area (Å²) in [6.07, 6.45) is 27.6. The van der Waals surface area contributed by atoms with Crippen LogP contribution in [0.15, 0.2) is 24.3 Å². The molecule has 1 amide bonds. The molecule has 1 heterocycles. The molecule has 1 saturated heterocycles. The van der Waals surface area contributed by atoms with Gasteiger partial charge in [-0.3, -0.25) is 4.79 Å². The maximum absolute atomic E-state index is 12.9. The van der Waals surface area contributed by atoms with E-state index < -0.39 is 49.5 Å². The number of unbranched alkanes of at least 4 members (excludes halogenated alkanes) is 18. The summed E-state index contributed by atoms with van der Waals surface area (Å²) in [7, 11) is 0. The number of aliphatic hydroxyl groups is 5. The van der Waals surface area contributed by atoms with Crippen LogP contribution in [0, 0.1) is 0 Å². The van der Waals surface area contributed by atoms with Crippen LogP contribution in [0.25, 0.3) is 0 Å². The van der Waals surface area contributed by atoms with E-state index in [1.54, 1.807) is 0 Å². The molecule has 288 valence electrons. The second kappa shape index (κ2) is 31.4.